The van der Waals surface area contributed by atoms with Crippen molar-refractivity contribution in [3.63, 3.8) is 0 Å². The van der Waals surface area contributed by atoms with E-state index in [-0.39, 0.29) is 6.04 Å². The number of likely N-dealkylation sites (N-methyl/N-ethyl adjacent to an activating group) is 1. The first-order valence-electron chi connectivity index (χ1n) is 7.36. The van der Waals surface area contributed by atoms with E-state index in [0.29, 0.717) is 6.10 Å². The van der Waals surface area contributed by atoms with E-state index >= 15 is 0 Å². The number of nitrogens with zero attached hydrogens (tertiary/aromatic N) is 1. The van der Waals surface area contributed by atoms with E-state index in [2.05, 4.69) is 53.1 Å². The molecule has 1 unspecified atom stereocenters. The molecule has 0 spiro atoms. The van der Waals surface area contributed by atoms with Gasteiger partial charge in [-0.3, -0.25) is 0 Å². The second-order valence-corrected chi connectivity index (χ2v) is 6.84. The SMILES string of the molecule is CNC(CCN(C)CCOC(C)C)c1ccc(Br)cc1Cl. The monoisotopic (exact) mass is 376 g/mol. The highest BCUT2D eigenvalue weighted by atomic mass is 79.9. The highest BCUT2D eigenvalue weighted by molar-refractivity contribution is 9.10. The minimum Gasteiger partial charge on any atom is -0.377 e. The third-order valence-electron chi connectivity index (χ3n) is 3.41. The molecular weight excluding hydrogens is 352 g/mol. The quantitative estimate of drug-likeness (QED) is 0.701. The lowest BCUT2D eigenvalue weighted by Crippen LogP contribution is -2.28. The Labute approximate surface area is 142 Å². The smallest absolute Gasteiger partial charge is 0.0596 e. The van der Waals surface area contributed by atoms with Gasteiger partial charge in [-0.2, -0.15) is 0 Å². The van der Waals surface area contributed by atoms with Crippen molar-refractivity contribution < 1.29 is 4.74 Å². The van der Waals surface area contributed by atoms with E-state index < -0.39 is 0 Å². The van der Waals surface area contributed by atoms with Crippen LogP contribution < -0.4 is 5.32 Å². The lowest BCUT2D eigenvalue weighted by molar-refractivity contribution is 0.0633. The topological polar surface area (TPSA) is 24.5 Å². The highest BCUT2D eigenvalue weighted by Gasteiger charge is 2.14. The number of rotatable bonds is 9. The second kappa shape index (κ2) is 9.80. The molecule has 1 aromatic carbocycles. The molecule has 21 heavy (non-hydrogen) atoms. The first-order valence-corrected chi connectivity index (χ1v) is 8.53. The maximum absolute atomic E-state index is 6.33. The van der Waals surface area contributed by atoms with Gasteiger partial charge in [-0.15, -0.1) is 0 Å². The van der Waals surface area contributed by atoms with Crippen LogP contribution in [0.5, 0.6) is 0 Å². The molecule has 1 aromatic rings. The maximum Gasteiger partial charge on any atom is 0.0596 e. The fraction of sp³-hybridized carbons (Fsp3) is 0.625. The molecule has 5 heteroatoms. The molecule has 1 rings (SSSR count). The van der Waals surface area contributed by atoms with Crippen molar-refractivity contribution in [1.82, 2.24) is 10.2 Å². The molecule has 120 valence electrons. The van der Waals surface area contributed by atoms with E-state index in [0.717, 1.165) is 41.2 Å². The lowest BCUT2D eigenvalue weighted by atomic mass is 10.0. The van der Waals surface area contributed by atoms with Crippen LogP contribution in [0.25, 0.3) is 0 Å². The molecule has 0 saturated carbocycles. The summed E-state index contributed by atoms with van der Waals surface area (Å²) in [4.78, 5) is 2.29. The van der Waals surface area contributed by atoms with Gasteiger partial charge in [0, 0.05) is 22.1 Å². The van der Waals surface area contributed by atoms with Crippen LogP contribution in [-0.4, -0.2) is 44.8 Å². The third kappa shape index (κ3) is 7.11. The molecule has 0 saturated heterocycles. The summed E-state index contributed by atoms with van der Waals surface area (Å²) in [6.07, 6.45) is 1.31. The van der Waals surface area contributed by atoms with Gasteiger partial charge in [-0.1, -0.05) is 33.6 Å². The molecule has 3 nitrogen and oxygen atoms in total. The van der Waals surface area contributed by atoms with Crippen LogP contribution in [-0.2, 0) is 4.74 Å². The molecule has 0 heterocycles. The Morgan fingerprint density at radius 3 is 2.62 bits per heavy atom. The first kappa shape index (κ1) is 18.9. The summed E-state index contributed by atoms with van der Waals surface area (Å²) < 4.78 is 6.59. The van der Waals surface area contributed by atoms with E-state index in [1.54, 1.807) is 0 Å². The Balaban J connectivity index is 2.47. The Hall–Kier alpha value is -0.130. The largest absolute Gasteiger partial charge is 0.377 e. The van der Waals surface area contributed by atoms with E-state index in [9.17, 15) is 0 Å². The maximum atomic E-state index is 6.33. The van der Waals surface area contributed by atoms with Crippen LogP contribution in [0.1, 0.15) is 31.9 Å². The summed E-state index contributed by atoms with van der Waals surface area (Å²) in [6.45, 7) is 6.85. The number of hydrogen-bond donors (Lipinski definition) is 1. The fourth-order valence-corrected chi connectivity index (χ4v) is 2.95. The number of benzene rings is 1. The molecule has 0 fully saturated rings. The van der Waals surface area contributed by atoms with Crippen LogP contribution in [0.15, 0.2) is 22.7 Å². The molecule has 0 aliphatic carbocycles. The van der Waals surface area contributed by atoms with Gasteiger partial charge in [-0.25, -0.2) is 0 Å². The predicted octanol–water partition coefficient (Wildman–Crippen LogP) is 4.11. The van der Waals surface area contributed by atoms with Gasteiger partial charge in [-0.05, 0) is 58.6 Å². The van der Waals surface area contributed by atoms with Gasteiger partial charge in [0.05, 0.1) is 12.7 Å². The molecule has 0 aromatic heterocycles. The molecule has 0 amide bonds. The van der Waals surface area contributed by atoms with Crippen LogP contribution in [0.2, 0.25) is 5.02 Å². The predicted molar refractivity (Wildman–Crippen MR) is 94.2 cm³/mol. The zero-order chi connectivity index (χ0) is 15.8. The van der Waals surface area contributed by atoms with E-state index in [4.69, 9.17) is 16.3 Å². The number of halogens is 2. The first-order chi connectivity index (χ1) is 9.93. The number of hydrogen-bond acceptors (Lipinski definition) is 3. The Kier molecular flexibility index (Phi) is 8.83. The standard InChI is InChI=1S/C16H26BrClN2O/c1-12(2)21-10-9-20(4)8-7-16(19-3)14-6-5-13(17)11-15(14)18/h5-6,11-12,16,19H,7-10H2,1-4H3. The summed E-state index contributed by atoms with van der Waals surface area (Å²) >= 11 is 9.78. The molecule has 0 radical (unpaired) electrons. The van der Waals surface area contributed by atoms with Crippen molar-refractivity contribution >= 4 is 27.5 Å². The average molecular weight is 378 g/mol. The van der Waals surface area contributed by atoms with Crippen molar-refractivity contribution in [3.05, 3.63) is 33.3 Å². The minimum atomic E-state index is 0.263. The van der Waals surface area contributed by atoms with Crippen molar-refractivity contribution in [2.75, 3.05) is 33.8 Å². The van der Waals surface area contributed by atoms with Crippen molar-refractivity contribution in [2.24, 2.45) is 0 Å². The van der Waals surface area contributed by atoms with Crippen molar-refractivity contribution in [2.45, 2.75) is 32.4 Å². The molecule has 0 bridgehead atoms. The minimum absolute atomic E-state index is 0.263. The van der Waals surface area contributed by atoms with Crippen molar-refractivity contribution in [1.29, 1.82) is 0 Å². The Morgan fingerprint density at radius 2 is 2.05 bits per heavy atom. The normalized spacial score (nSPS) is 13.1. The average Bonchev–Trinajstić information content (AvgIpc) is 2.40. The van der Waals surface area contributed by atoms with E-state index in [1.807, 2.05) is 19.2 Å². The highest BCUT2D eigenvalue weighted by Crippen LogP contribution is 2.28. The summed E-state index contributed by atoms with van der Waals surface area (Å²) in [6, 6.07) is 6.32. The van der Waals surface area contributed by atoms with Crippen molar-refractivity contribution in [3.8, 4) is 0 Å². The van der Waals surface area contributed by atoms with E-state index in [1.165, 1.54) is 0 Å². The van der Waals surface area contributed by atoms with Gasteiger partial charge in [0.25, 0.3) is 0 Å². The van der Waals surface area contributed by atoms with Crippen LogP contribution in [0.4, 0.5) is 0 Å². The number of ether oxygens (including phenoxy) is 1. The van der Waals surface area contributed by atoms with Crippen LogP contribution in [0.3, 0.4) is 0 Å². The summed E-state index contributed by atoms with van der Waals surface area (Å²) in [5.74, 6) is 0. The molecule has 0 aliphatic rings. The van der Waals surface area contributed by atoms with Crippen LogP contribution in [0, 0.1) is 0 Å². The number of nitrogens with one attached hydrogen (secondary N) is 1. The second-order valence-electron chi connectivity index (χ2n) is 5.52. The van der Waals surface area contributed by atoms with Gasteiger partial charge in [0.1, 0.15) is 0 Å². The molecule has 1 atom stereocenters. The lowest BCUT2D eigenvalue weighted by Gasteiger charge is -2.23. The zero-order valence-electron chi connectivity index (χ0n) is 13.3. The summed E-state index contributed by atoms with van der Waals surface area (Å²) in [5.41, 5.74) is 1.15. The van der Waals surface area contributed by atoms with Gasteiger partial charge in [0.15, 0.2) is 0 Å². The van der Waals surface area contributed by atoms with Gasteiger partial charge >= 0.3 is 0 Å². The molecule has 0 aliphatic heterocycles. The van der Waals surface area contributed by atoms with Crippen LogP contribution >= 0.6 is 27.5 Å². The third-order valence-corrected chi connectivity index (χ3v) is 4.23. The molecule has 1 N–H and O–H groups in total. The molecular formula is C16H26BrClN2O. The zero-order valence-corrected chi connectivity index (χ0v) is 15.7. The fourth-order valence-electron chi connectivity index (χ4n) is 2.14. The van der Waals surface area contributed by atoms with Gasteiger partial charge < -0.3 is 15.0 Å². The van der Waals surface area contributed by atoms with Gasteiger partial charge in [0.2, 0.25) is 0 Å². The summed E-state index contributed by atoms with van der Waals surface area (Å²) in [5, 5.41) is 4.15. The summed E-state index contributed by atoms with van der Waals surface area (Å²) in [7, 11) is 4.10. The Morgan fingerprint density at radius 1 is 1.33 bits per heavy atom. The Bertz CT molecular complexity index is 429.